The molecule has 25 heavy (non-hydrogen) atoms. The fourth-order valence-electron chi connectivity index (χ4n) is 1.93. The third kappa shape index (κ3) is 5.93. The quantitative estimate of drug-likeness (QED) is 0.775. The average molecular weight is 383 g/mol. The van der Waals surface area contributed by atoms with Crippen LogP contribution in [0.25, 0.3) is 0 Å². The maximum Gasteiger partial charge on any atom is 0.233 e. The Bertz CT molecular complexity index is 725. The van der Waals surface area contributed by atoms with Crippen LogP contribution in [0.2, 0.25) is 5.02 Å². The fraction of sp³-hybridized carbons (Fsp3) is 0.471. The highest BCUT2D eigenvalue weighted by atomic mass is 35.5. The van der Waals surface area contributed by atoms with E-state index in [9.17, 15) is 4.79 Å². The molecule has 0 aliphatic heterocycles. The Morgan fingerprint density at radius 2 is 1.96 bits per heavy atom. The Balaban J connectivity index is 1.95. The minimum atomic E-state index is -0.271. The van der Waals surface area contributed by atoms with Crippen LogP contribution in [0.3, 0.4) is 0 Å². The first-order chi connectivity index (χ1) is 11.7. The molecule has 0 spiro atoms. The molecule has 0 saturated carbocycles. The summed E-state index contributed by atoms with van der Waals surface area (Å²) in [5, 5.41) is 12.3. The van der Waals surface area contributed by atoms with E-state index in [2.05, 4.69) is 15.5 Å². The van der Waals surface area contributed by atoms with Crippen molar-refractivity contribution in [1.82, 2.24) is 20.1 Å². The van der Waals surface area contributed by atoms with Crippen LogP contribution in [0.1, 0.15) is 33.5 Å². The minimum absolute atomic E-state index is 0.0283. The molecule has 136 valence electrons. The monoisotopic (exact) mass is 382 g/mol. The molecule has 6 nitrogen and oxygen atoms in total. The van der Waals surface area contributed by atoms with Gasteiger partial charge in [0.25, 0.3) is 0 Å². The molecule has 1 atom stereocenters. The smallest absolute Gasteiger partial charge is 0.233 e. The van der Waals surface area contributed by atoms with E-state index >= 15 is 0 Å². The SMILES string of the molecule is C[C@H](Sc1nnc(COc2ccc(Cl)cc2)n1C)C(=O)NC(C)(C)C. The van der Waals surface area contributed by atoms with E-state index in [4.69, 9.17) is 16.3 Å². The van der Waals surface area contributed by atoms with E-state index < -0.39 is 0 Å². The van der Waals surface area contributed by atoms with Crippen molar-refractivity contribution >= 4 is 29.3 Å². The summed E-state index contributed by atoms with van der Waals surface area (Å²) in [6, 6.07) is 7.13. The number of rotatable bonds is 6. The van der Waals surface area contributed by atoms with E-state index in [1.807, 2.05) is 39.3 Å². The molecule has 1 amide bonds. The third-order valence-electron chi connectivity index (χ3n) is 3.26. The van der Waals surface area contributed by atoms with Crippen LogP contribution in [0.4, 0.5) is 0 Å². The third-order valence-corrected chi connectivity index (χ3v) is 4.64. The number of nitrogens with one attached hydrogen (secondary N) is 1. The molecule has 1 aromatic heterocycles. The zero-order chi connectivity index (χ0) is 18.6. The standard InChI is InChI=1S/C17H23ClN4O2S/c1-11(15(23)19-17(2,3)4)25-16-21-20-14(22(16)5)10-24-13-8-6-12(18)7-9-13/h6-9,11H,10H2,1-5H3,(H,19,23)/t11-/m0/s1. The van der Waals surface area contributed by atoms with Gasteiger partial charge in [-0.3, -0.25) is 4.79 Å². The summed E-state index contributed by atoms with van der Waals surface area (Å²) in [4.78, 5) is 12.2. The van der Waals surface area contributed by atoms with E-state index in [0.717, 1.165) is 0 Å². The molecule has 2 rings (SSSR count). The van der Waals surface area contributed by atoms with Crippen molar-refractivity contribution in [3.8, 4) is 5.75 Å². The Kier molecular flexibility index (Phi) is 6.35. The number of thioether (sulfide) groups is 1. The van der Waals surface area contributed by atoms with Gasteiger partial charge in [0.2, 0.25) is 5.91 Å². The van der Waals surface area contributed by atoms with Crippen molar-refractivity contribution in [2.75, 3.05) is 0 Å². The molecule has 0 aliphatic carbocycles. The normalized spacial score (nSPS) is 12.7. The molecular formula is C17H23ClN4O2S. The van der Waals surface area contributed by atoms with E-state index in [1.54, 1.807) is 24.3 Å². The summed E-state index contributed by atoms with van der Waals surface area (Å²) in [7, 11) is 1.86. The molecule has 1 heterocycles. The predicted octanol–water partition coefficient (Wildman–Crippen LogP) is 3.44. The first-order valence-electron chi connectivity index (χ1n) is 7.91. The van der Waals surface area contributed by atoms with Gasteiger partial charge in [-0.1, -0.05) is 23.4 Å². The van der Waals surface area contributed by atoms with Gasteiger partial charge in [0.05, 0.1) is 5.25 Å². The molecule has 0 fully saturated rings. The number of nitrogens with zero attached hydrogens (tertiary/aromatic N) is 3. The van der Waals surface area contributed by atoms with Crippen molar-refractivity contribution in [2.24, 2.45) is 7.05 Å². The number of carbonyl (C=O) groups is 1. The van der Waals surface area contributed by atoms with E-state index in [1.165, 1.54) is 11.8 Å². The average Bonchev–Trinajstić information content (AvgIpc) is 2.85. The molecule has 0 saturated heterocycles. The summed E-state index contributed by atoms with van der Waals surface area (Å²) in [5.41, 5.74) is -0.261. The second-order valence-corrected chi connectivity index (χ2v) is 8.44. The van der Waals surface area contributed by atoms with Gasteiger partial charge in [-0.05, 0) is 52.0 Å². The van der Waals surface area contributed by atoms with Crippen LogP contribution in [-0.2, 0) is 18.4 Å². The maximum atomic E-state index is 12.2. The highest BCUT2D eigenvalue weighted by molar-refractivity contribution is 8.00. The minimum Gasteiger partial charge on any atom is -0.486 e. The molecule has 1 N–H and O–H groups in total. The van der Waals surface area contributed by atoms with Crippen molar-refractivity contribution in [3.63, 3.8) is 0 Å². The van der Waals surface area contributed by atoms with Gasteiger partial charge in [0.1, 0.15) is 12.4 Å². The molecule has 0 radical (unpaired) electrons. The number of halogens is 1. The molecule has 0 bridgehead atoms. The second kappa shape index (κ2) is 8.10. The summed E-state index contributed by atoms with van der Waals surface area (Å²) < 4.78 is 7.52. The van der Waals surface area contributed by atoms with E-state index in [-0.39, 0.29) is 23.3 Å². The van der Waals surface area contributed by atoms with Gasteiger partial charge in [-0.15, -0.1) is 10.2 Å². The molecule has 1 aromatic carbocycles. The molecule has 2 aromatic rings. The summed E-state index contributed by atoms with van der Waals surface area (Å²) >= 11 is 7.22. The van der Waals surface area contributed by atoms with Gasteiger partial charge >= 0.3 is 0 Å². The number of hydrogen-bond acceptors (Lipinski definition) is 5. The van der Waals surface area contributed by atoms with Gasteiger partial charge in [0.15, 0.2) is 11.0 Å². The molecule has 0 unspecified atom stereocenters. The maximum absolute atomic E-state index is 12.2. The molecule has 0 aliphatic rings. The van der Waals surface area contributed by atoms with Gasteiger partial charge in [0, 0.05) is 17.6 Å². The lowest BCUT2D eigenvalue weighted by Gasteiger charge is -2.22. The van der Waals surface area contributed by atoms with Gasteiger partial charge in [-0.2, -0.15) is 0 Å². The van der Waals surface area contributed by atoms with Gasteiger partial charge in [-0.25, -0.2) is 0 Å². The van der Waals surface area contributed by atoms with E-state index in [0.29, 0.717) is 21.8 Å². The molecule has 8 heteroatoms. The van der Waals surface area contributed by atoms with Crippen LogP contribution >= 0.6 is 23.4 Å². The lowest BCUT2D eigenvalue weighted by molar-refractivity contribution is -0.121. The highest BCUT2D eigenvalue weighted by Crippen LogP contribution is 2.23. The van der Waals surface area contributed by atoms with Crippen LogP contribution in [0, 0.1) is 0 Å². The number of carbonyl (C=O) groups excluding carboxylic acids is 1. The topological polar surface area (TPSA) is 69.0 Å². The number of ether oxygens (including phenoxy) is 1. The van der Waals surface area contributed by atoms with Crippen LogP contribution in [0.15, 0.2) is 29.4 Å². The predicted molar refractivity (Wildman–Crippen MR) is 100 cm³/mol. The lowest BCUT2D eigenvalue weighted by Crippen LogP contribution is -2.44. The summed E-state index contributed by atoms with van der Waals surface area (Å²) in [5.74, 6) is 1.36. The number of aromatic nitrogens is 3. The van der Waals surface area contributed by atoms with Crippen LogP contribution < -0.4 is 10.1 Å². The van der Waals surface area contributed by atoms with Crippen LogP contribution in [0.5, 0.6) is 5.75 Å². The lowest BCUT2D eigenvalue weighted by atomic mass is 10.1. The van der Waals surface area contributed by atoms with Crippen molar-refractivity contribution in [2.45, 2.75) is 50.2 Å². The van der Waals surface area contributed by atoms with Crippen molar-refractivity contribution in [1.29, 1.82) is 0 Å². The largest absolute Gasteiger partial charge is 0.486 e. The van der Waals surface area contributed by atoms with Crippen molar-refractivity contribution < 1.29 is 9.53 Å². The second-order valence-electron chi connectivity index (χ2n) is 6.70. The summed E-state index contributed by atoms with van der Waals surface area (Å²) in [6.07, 6.45) is 0. The zero-order valence-corrected chi connectivity index (χ0v) is 16.6. The number of benzene rings is 1. The fourth-order valence-corrected chi connectivity index (χ4v) is 2.89. The first-order valence-corrected chi connectivity index (χ1v) is 9.17. The summed E-state index contributed by atoms with van der Waals surface area (Å²) in [6.45, 7) is 8.00. The Labute approximate surface area is 157 Å². The van der Waals surface area contributed by atoms with Crippen molar-refractivity contribution in [3.05, 3.63) is 35.1 Å². The first kappa shape index (κ1) is 19.6. The number of hydrogen-bond donors (Lipinski definition) is 1. The Morgan fingerprint density at radius 3 is 2.56 bits per heavy atom. The Hall–Kier alpha value is -1.73. The zero-order valence-electron chi connectivity index (χ0n) is 15.0. The number of amides is 1. The highest BCUT2D eigenvalue weighted by Gasteiger charge is 2.22. The van der Waals surface area contributed by atoms with Gasteiger partial charge < -0.3 is 14.6 Å². The Morgan fingerprint density at radius 1 is 1.32 bits per heavy atom. The van der Waals surface area contributed by atoms with Crippen LogP contribution in [-0.4, -0.2) is 31.5 Å². The molecular weight excluding hydrogens is 360 g/mol.